The lowest BCUT2D eigenvalue weighted by Crippen LogP contribution is -2.44. The second-order valence-electron chi connectivity index (χ2n) is 7.44. The summed E-state index contributed by atoms with van der Waals surface area (Å²) in [5.41, 5.74) is 7.86. The topological polar surface area (TPSA) is 96.2 Å². The molecule has 0 radical (unpaired) electrons. The molecule has 1 saturated carbocycles. The number of hydrogen-bond donors (Lipinski definition) is 4. The molecule has 7 heteroatoms. The highest BCUT2D eigenvalue weighted by Crippen LogP contribution is 2.40. The van der Waals surface area contributed by atoms with E-state index in [9.17, 15) is 14.0 Å². The zero-order valence-electron chi connectivity index (χ0n) is 16.5. The molecule has 1 unspecified atom stereocenters. The van der Waals surface area contributed by atoms with Crippen LogP contribution in [0.5, 0.6) is 0 Å². The minimum absolute atomic E-state index is 0.00113. The van der Waals surface area contributed by atoms with E-state index in [0.29, 0.717) is 17.9 Å². The normalized spacial score (nSPS) is 15.3. The summed E-state index contributed by atoms with van der Waals surface area (Å²) in [5.74, 6) is -0.589. The van der Waals surface area contributed by atoms with E-state index in [1.54, 1.807) is 6.07 Å². The van der Waals surface area contributed by atoms with Crippen LogP contribution in [-0.4, -0.2) is 31.6 Å². The Hall–Kier alpha value is -2.93. The first-order valence-electron chi connectivity index (χ1n) is 9.83. The average molecular weight is 398 g/mol. The molecule has 0 bridgehead atoms. The fourth-order valence-electron chi connectivity index (χ4n) is 3.36. The predicted octanol–water partition coefficient (Wildman–Crippen LogP) is 2.51. The number of nitrogens with two attached hydrogens (primary N) is 1. The van der Waals surface area contributed by atoms with E-state index in [-0.39, 0.29) is 30.2 Å². The van der Waals surface area contributed by atoms with Gasteiger partial charge in [-0.1, -0.05) is 36.4 Å². The van der Waals surface area contributed by atoms with Gasteiger partial charge in [-0.25, -0.2) is 9.18 Å². The van der Waals surface area contributed by atoms with Gasteiger partial charge in [0.1, 0.15) is 5.82 Å². The summed E-state index contributed by atoms with van der Waals surface area (Å²) in [4.78, 5) is 23.9. The first kappa shape index (κ1) is 20.8. The number of carbonyl (C=O) groups excluding carboxylic acids is 2. The van der Waals surface area contributed by atoms with Crippen LogP contribution in [0.1, 0.15) is 40.4 Å². The summed E-state index contributed by atoms with van der Waals surface area (Å²) in [6.45, 7) is 0.261. The van der Waals surface area contributed by atoms with Gasteiger partial charge in [0.15, 0.2) is 0 Å². The van der Waals surface area contributed by atoms with Crippen molar-refractivity contribution in [2.24, 2.45) is 11.7 Å². The van der Waals surface area contributed by atoms with Crippen molar-refractivity contribution in [1.82, 2.24) is 16.0 Å². The average Bonchev–Trinajstić information content (AvgIpc) is 3.56. The van der Waals surface area contributed by atoms with Gasteiger partial charge in [0, 0.05) is 19.6 Å². The maximum atomic E-state index is 14.1. The number of halogens is 1. The van der Waals surface area contributed by atoms with Crippen LogP contribution in [0.25, 0.3) is 0 Å². The second-order valence-corrected chi connectivity index (χ2v) is 7.44. The van der Waals surface area contributed by atoms with Gasteiger partial charge < -0.3 is 21.7 Å². The molecule has 154 valence electrons. The van der Waals surface area contributed by atoms with Crippen molar-refractivity contribution in [3.8, 4) is 0 Å². The van der Waals surface area contributed by atoms with Crippen molar-refractivity contribution in [3.63, 3.8) is 0 Å². The molecule has 0 aromatic heterocycles. The van der Waals surface area contributed by atoms with Crippen LogP contribution in [0, 0.1) is 11.7 Å². The number of rotatable bonds is 8. The van der Waals surface area contributed by atoms with Crippen LogP contribution in [-0.2, 0) is 6.42 Å². The van der Waals surface area contributed by atoms with E-state index in [4.69, 9.17) is 5.73 Å². The lowest BCUT2D eigenvalue weighted by Gasteiger charge is -2.20. The van der Waals surface area contributed by atoms with Crippen LogP contribution < -0.4 is 21.7 Å². The van der Waals surface area contributed by atoms with Gasteiger partial charge in [0.05, 0.1) is 11.6 Å². The Morgan fingerprint density at radius 3 is 2.52 bits per heavy atom. The van der Waals surface area contributed by atoms with Gasteiger partial charge in [-0.05, 0) is 48.4 Å². The zero-order chi connectivity index (χ0) is 20.8. The molecule has 2 aromatic rings. The summed E-state index contributed by atoms with van der Waals surface area (Å²) >= 11 is 0. The van der Waals surface area contributed by atoms with Gasteiger partial charge in [-0.2, -0.15) is 0 Å². The fourth-order valence-corrected chi connectivity index (χ4v) is 3.36. The number of carbonyl (C=O) groups is 2. The Bertz CT molecular complexity index is 855. The number of benzene rings is 2. The molecule has 0 spiro atoms. The van der Waals surface area contributed by atoms with E-state index in [1.807, 2.05) is 30.3 Å². The lowest BCUT2D eigenvalue weighted by atomic mass is 10.0. The van der Waals surface area contributed by atoms with Crippen LogP contribution in [0.3, 0.4) is 0 Å². The first-order valence-corrected chi connectivity index (χ1v) is 9.83. The number of nitrogens with one attached hydrogen (secondary N) is 3. The highest BCUT2D eigenvalue weighted by molar-refractivity contribution is 5.94. The Morgan fingerprint density at radius 1 is 1.17 bits per heavy atom. The molecule has 0 heterocycles. The SMILES string of the molecule is CNC(=O)c1ccc(CC(N)CNC(=O)N[C@H](c2ccccc2)C2CC2)cc1F. The maximum Gasteiger partial charge on any atom is 0.315 e. The Labute approximate surface area is 170 Å². The standard InChI is InChI=1S/C22H27FN4O2/c1-25-21(28)18-10-7-14(12-19(18)23)11-17(24)13-26-22(29)27-20(16-8-9-16)15-5-3-2-4-6-15/h2-7,10,12,16-17,20H,8-9,11,13,24H2,1H3,(H,25,28)(H2,26,27,29)/t17?,20-/m1/s1. The monoisotopic (exact) mass is 398 g/mol. The quantitative estimate of drug-likeness (QED) is 0.550. The molecule has 1 aliphatic carbocycles. The van der Waals surface area contributed by atoms with E-state index >= 15 is 0 Å². The molecule has 3 rings (SSSR count). The van der Waals surface area contributed by atoms with E-state index in [0.717, 1.165) is 18.4 Å². The van der Waals surface area contributed by atoms with Gasteiger partial charge in [0.25, 0.3) is 5.91 Å². The van der Waals surface area contributed by atoms with Crippen LogP contribution >= 0.6 is 0 Å². The van der Waals surface area contributed by atoms with Crippen molar-refractivity contribution in [2.75, 3.05) is 13.6 Å². The molecule has 2 aromatic carbocycles. The number of urea groups is 1. The maximum absolute atomic E-state index is 14.1. The Balaban J connectivity index is 1.50. The number of amides is 3. The molecule has 29 heavy (non-hydrogen) atoms. The minimum atomic E-state index is -0.588. The molecule has 6 nitrogen and oxygen atoms in total. The van der Waals surface area contributed by atoms with E-state index < -0.39 is 11.7 Å². The molecule has 2 atom stereocenters. The Morgan fingerprint density at radius 2 is 1.90 bits per heavy atom. The van der Waals surface area contributed by atoms with Gasteiger partial charge in [-0.3, -0.25) is 4.79 Å². The second kappa shape index (κ2) is 9.52. The van der Waals surface area contributed by atoms with E-state index in [2.05, 4.69) is 16.0 Å². The molecule has 1 fully saturated rings. The van der Waals surface area contributed by atoms with Crippen molar-refractivity contribution in [1.29, 1.82) is 0 Å². The van der Waals surface area contributed by atoms with Gasteiger partial charge >= 0.3 is 6.03 Å². The summed E-state index contributed by atoms with van der Waals surface area (Å²) in [6, 6.07) is 13.7. The highest BCUT2D eigenvalue weighted by atomic mass is 19.1. The van der Waals surface area contributed by atoms with E-state index in [1.165, 1.54) is 19.2 Å². The molecular weight excluding hydrogens is 371 g/mol. The largest absolute Gasteiger partial charge is 0.355 e. The predicted molar refractivity (Wildman–Crippen MR) is 110 cm³/mol. The third kappa shape index (κ3) is 5.77. The van der Waals surface area contributed by atoms with Crippen molar-refractivity contribution < 1.29 is 14.0 Å². The van der Waals surface area contributed by atoms with Crippen LogP contribution in [0.4, 0.5) is 9.18 Å². The number of hydrogen-bond acceptors (Lipinski definition) is 3. The highest BCUT2D eigenvalue weighted by Gasteiger charge is 2.33. The molecule has 0 aliphatic heterocycles. The third-order valence-corrected chi connectivity index (χ3v) is 5.07. The van der Waals surface area contributed by atoms with Crippen molar-refractivity contribution >= 4 is 11.9 Å². The third-order valence-electron chi connectivity index (χ3n) is 5.07. The molecule has 1 aliphatic rings. The smallest absolute Gasteiger partial charge is 0.315 e. The lowest BCUT2D eigenvalue weighted by molar-refractivity contribution is 0.0959. The van der Waals surface area contributed by atoms with Crippen molar-refractivity contribution in [2.45, 2.75) is 31.3 Å². The zero-order valence-corrected chi connectivity index (χ0v) is 16.5. The summed E-state index contributed by atoms with van der Waals surface area (Å²) in [7, 11) is 1.45. The summed E-state index contributed by atoms with van der Waals surface area (Å²) < 4.78 is 14.1. The van der Waals surface area contributed by atoms with Crippen molar-refractivity contribution in [3.05, 3.63) is 71.0 Å². The van der Waals surface area contributed by atoms with Gasteiger partial charge in [0.2, 0.25) is 0 Å². The van der Waals surface area contributed by atoms with Gasteiger partial charge in [-0.15, -0.1) is 0 Å². The summed E-state index contributed by atoms with van der Waals surface area (Å²) in [6.07, 6.45) is 2.60. The van der Waals surface area contributed by atoms with Crippen LogP contribution in [0.2, 0.25) is 0 Å². The molecule has 0 saturated heterocycles. The minimum Gasteiger partial charge on any atom is -0.355 e. The molecule has 3 amide bonds. The van der Waals surface area contributed by atoms with Crippen LogP contribution in [0.15, 0.2) is 48.5 Å². The summed E-state index contributed by atoms with van der Waals surface area (Å²) in [5, 5.41) is 8.24. The molecule has 5 N–H and O–H groups in total. The Kier molecular flexibility index (Phi) is 6.82. The molecular formula is C22H27FN4O2. The fraction of sp³-hybridized carbons (Fsp3) is 0.364. The first-order chi connectivity index (χ1) is 14.0.